The molecule has 1 unspecified atom stereocenters. The van der Waals surface area contributed by atoms with Gasteiger partial charge in [-0.2, -0.15) is 12.6 Å². The molecule has 1 amide bonds. The zero-order chi connectivity index (χ0) is 11.3. The number of nitrogens with one attached hydrogen (secondary N) is 1. The molecule has 0 bridgehead atoms. The van der Waals surface area contributed by atoms with Crippen molar-refractivity contribution < 1.29 is 9.53 Å². The third-order valence-corrected chi connectivity index (χ3v) is 2.19. The molecule has 0 fully saturated rings. The lowest BCUT2D eigenvalue weighted by atomic mass is 10.1. The summed E-state index contributed by atoms with van der Waals surface area (Å²) in [5.41, 5.74) is 1.11. The van der Waals surface area contributed by atoms with Crippen LogP contribution in [0.2, 0.25) is 0 Å². The molecular formula is C11H15NO2S. The summed E-state index contributed by atoms with van der Waals surface area (Å²) in [5, 5.41) is 2.58. The predicted molar refractivity (Wildman–Crippen MR) is 63.5 cm³/mol. The van der Waals surface area contributed by atoms with E-state index in [0.29, 0.717) is 6.42 Å². The SMILES string of the molecule is CNC(=O)C1Cc2ccccc2O1.CS. The quantitative estimate of drug-likeness (QED) is 0.707. The van der Waals surface area contributed by atoms with Crippen LogP contribution < -0.4 is 10.1 Å². The van der Waals surface area contributed by atoms with Gasteiger partial charge < -0.3 is 10.1 Å². The first-order chi connectivity index (χ1) is 7.31. The highest BCUT2D eigenvalue weighted by Crippen LogP contribution is 2.27. The van der Waals surface area contributed by atoms with Crippen LogP contribution in [-0.2, 0) is 11.2 Å². The molecule has 0 aliphatic carbocycles. The zero-order valence-corrected chi connectivity index (χ0v) is 9.75. The molecule has 4 heteroatoms. The number of carbonyl (C=O) groups is 1. The smallest absolute Gasteiger partial charge is 0.261 e. The lowest BCUT2D eigenvalue weighted by Crippen LogP contribution is -2.34. The van der Waals surface area contributed by atoms with Crippen molar-refractivity contribution in [3.8, 4) is 5.75 Å². The van der Waals surface area contributed by atoms with E-state index in [1.54, 1.807) is 13.3 Å². The molecular weight excluding hydrogens is 210 g/mol. The lowest BCUT2D eigenvalue weighted by molar-refractivity contribution is -0.126. The fraction of sp³-hybridized carbons (Fsp3) is 0.364. The van der Waals surface area contributed by atoms with Gasteiger partial charge in [0.2, 0.25) is 0 Å². The van der Waals surface area contributed by atoms with Crippen molar-refractivity contribution in [2.45, 2.75) is 12.5 Å². The number of thiol groups is 1. The average Bonchev–Trinajstić information content (AvgIpc) is 2.74. The molecule has 0 spiro atoms. The fourth-order valence-electron chi connectivity index (χ4n) is 1.49. The first-order valence-corrected chi connectivity index (χ1v) is 5.61. The molecule has 0 radical (unpaired) electrons. The highest BCUT2D eigenvalue weighted by atomic mass is 32.1. The summed E-state index contributed by atoms with van der Waals surface area (Å²) in [6, 6.07) is 7.73. The summed E-state index contributed by atoms with van der Waals surface area (Å²) in [5.74, 6) is 0.771. The first-order valence-electron chi connectivity index (χ1n) is 4.72. The van der Waals surface area contributed by atoms with Gasteiger partial charge in [-0.15, -0.1) is 0 Å². The molecule has 3 nitrogen and oxygen atoms in total. The minimum atomic E-state index is -0.345. The Morgan fingerprint density at radius 3 is 2.73 bits per heavy atom. The van der Waals surface area contributed by atoms with Crippen LogP contribution in [0.15, 0.2) is 24.3 Å². The third-order valence-electron chi connectivity index (χ3n) is 2.19. The van der Waals surface area contributed by atoms with Crippen LogP contribution in [0.3, 0.4) is 0 Å². The van der Waals surface area contributed by atoms with Gasteiger partial charge >= 0.3 is 0 Å². The molecule has 1 aromatic carbocycles. The Hall–Kier alpha value is -1.16. The summed E-state index contributed by atoms with van der Waals surface area (Å²) in [4.78, 5) is 11.2. The maximum atomic E-state index is 11.2. The lowest BCUT2D eigenvalue weighted by Gasteiger charge is -2.07. The number of carbonyl (C=O) groups excluding carboxylic acids is 1. The predicted octanol–water partition coefficient (Wildman–Crippen LogP) is 1.28. The van der Waals surface area contributed by atoms with Gasteiger partial charge in [-0.1, -0.05) is 18.2 Å². The fourth-order valence-corrected chi connectivity index (χ4v) is 1.49. The topological polar surface area (TPSA) is 38.3 Å². The van der Waals surface area contributed by atoms with E-state index in [0.717, 1.165) is 11.3 Å². The molecule has 1 atom stereocenters. The average molecular weight is 225 g/mol. The first kappa shape index (κ1) is 11.9. The summed E-state index contributed by atoms with van der Waals surface area (Å²) >= 11 is 3.53. The molecule has 0 saturated carbocycles. The maximum Gasteiger partial charge on any atom is 0.261 e. The third kappa shape index (κ3) is 2.65. The Labute approximate surface area is 95.2 Å². The van der Waals surface area contributed by atoms with Crippen molar-refractivity contribution in [1.29, 1.82) is 0 Å². The summed E-state index contributed by atoms with van der Waals surface area (Å²) in [6.45, 7) is 0. The Kier molecular flexibility index (Phi) is 4.49. The standard InChI is InChI=1S/C10H11NO2.CH4S/c1-11-10(12)9-6-7-4-2-3-5-8(7)13-9;1-2/h2-5,9H,6H2,1H3,(H,11,12);2H,1H3. The molecule has 82 valence electrons. The molecule has 1 aliphatic rings. The zero-order valence-electron chi connectivity index (χ0n) is 8.86. The number of hydrogen-bond donors (Lipinski definition) is 2. The van der Waals surface area contributed by atoms with E-state index in [1.807, 2.05) is 24.3 Å². The molecule has 0 saturated heterocycles. The second-order valence-electron chi connectivity index (χ2n) is 3.03. The maximum absolute atomic E-state index is 11.2. The molecule has 0 aromatic heterocycles. The number of likely N-dealkylation sites (N-methyl/N-ethyl adjacent to an activating group) is 1. The number of benzene rings is 1. The van der Waals surface area contributed by atoms with E-state index >= 15 is 0 Å². The van der Waals surface area contributed by atoms with Crippen LogP contribution in [-0.4, -0.2) is 25.3 Å². The molecule has 2 rings (SSSR count). The van der Waals surface area contributed by atoms with Crippen molar-refractivity contribution >= 4 is 18.5 Å². The van der Waals surface area contributed by atoms with Crippen LogP contribution in [0, 0.1) is 0 Å². The second-order valence-corrected chi connectivity index (χ2v) is 3.03. The summed E-state index contributed by atoms with van der Waals surface area (Å²) in [7, 11) is 1.62. The van der Waals surface area contributed by atoms with Gasteiger partial charge in [-0.05, 0) is 17.9 Å². The van der Waals surface area contributed by atoms with Crippen LogP contribution >= 0.6 is 12.6 Å². The Bertz CT molecular complexity index is 316. The number of rotatable bonds is 1. The van der Waals surface area contributed by atoms with E-state index in [4.69, 9.17) is 4.74 Å². The Morgan fingerprint density at radius 1 is 1.47 bits per heavy atom. The van der Waals surface area contributed by atoms with E-state index in [9.17, 15) is 4.79 Å². The van der Waals surface area contributed by atoms with Crippen molar-refractivity contribution in [3.63, 3.8) is 0 Å². The van der Waals surface area contributed by atoms with Crippen LogP contribution in [0.25, 0.3) is 0 Å². The van der Waals surface area contributed by atoms with Gasteiger partial charge in [0.05, 0.1) is 0 Å². The van der Waals surface area contributed by atoms with Crippen molar-refractivity contribution in [2.24, 2.45) is 0 Å². The van der Waals surface area contributed by atoms with Gasteiger partial charge in [0.15, 0.2) is 6.10 Å². The van der Waals surface area contributed by atoms with Crippen molar-refractivity contribution in [3.05, 3.63) is 29.8 Å². The largest absolute Gasteiger partial charge is 0.480 e. The van der Waals surface area contributed by atoms with Crippen LogP contribution in [0.1, 0.15) is 5.56 Å². The highest BCUT2D eigenvalue weighted by molar-refractivity contribution is 7.79. The Morgan fingerprint density at radius 2 is 2.13 bits per heavy atom. The monoisotopic (exact) mass is 225 g/mol. The van der Waals surface area contributed by atoms with Crippen molar-refractivity contribution in [2.75, 3.05) is 13.3 Å². The highest BCUT2D eigenvalue weighted by Gasteiger charge is 2.27. The molecule has 1 heterocycles. The van der Waals surface area contributed by atoms with E-state index in [-0.39, 0.29) is 12.0 Å². The van der Waals surface area contributed by atoms with E-state index < -0.39 is 0 Å². The van der Waals surface area contributed by atoms with Gasteiger partial charge in [-0.3, -0.25) is 4.79 Å². The normalized spacial score (nSPS) is 16.9. The Balaban J connectivity index is 0.000000531. The van der Waals surface area contributed by atoms with Gasteiger partial charge in [0.1, 0.15) is 5.75 Å². The van der Waals surface area contributed by atoms with Crippen LogP contribution in [0.4, 0.5) is 0 Å². The number of para-hydroxylation sites is 1. The number of ether oxygens (including phenoxy) is 1. The summed E-state index contributed by atoms with van der Waals surface area (Å²) in [6.07, 6.45) is 2.03. The van der Waals surface area contributed by atoms with Crippen molar-refractivity contribution in [1.82, 2.24) is 5.32 Å². The number of amides is 1. The molecule has 1 N–H and O–H groups in total. The van der Waals surface area contributed by atoms with Gasteiger partial charge in [0.25, 0.3) is 5.91 Å². The van der Waals surface area contributed by atoms with E-state index in [2.05, 4.69) is 17.9 Å². The van der Waals surface area contributed by atoms with Gasteiger partial charge in [-0.25, -0.2) is 0 Å². The molecule has 1 aliphatic heterocycles. The molecule has 1 aromatic rings. The van der Waals surface area contributed by atoms with Gasteiger partial charge in [0, 0.05) is 13.5 Å². The second kappa shape index (κ2) is 5.66. The minimum Gasteiger partial charge on any atom is -0.480 e. The summed E-state index contributed by atoms with van der Waals surface area (Å²) < 4.78 is 5.45. The number of hydrogen-bond acceptors (Lipinski definition) is 3. The minimum absolute atomic E-state index is 0.0591. The van der Waals surface area contributed by atoms with E-state index in [1.165, 1.54) is 0 Å². The number of fused-ring (bicyclic) bond motifs is 1. The molecule has 15 heavy (non-hydrogen) atoms. The van der Waals surface area contributed by atoms with Crippen LogP contribution in [0.5, 0.6) is 5.75 Å².